The first-order chi connectivity index (χ1) is 7.85. The summed E-state index contributed by atoms with van der Waals surface area (Å²) in [5.41, 5.74) is 2.53. The van der Waals surface area contributed by atoms with Crippen LogP contribution in [0.4, 0.5) is 0 Å². The van der Waals surface area contributed by atoms with Gasteiger partial charge in [0.15, 0.2) is 6.04 Å². The van der Waals surface area contributed by atoms with Crippen LogP contribution in [-0.2, 0) is 19.1 Å². The molecule has 0 saturated heterocycles. The second-order valence-electron chi connectivity index (χ2n) is 4.02. The number of hydrogen-bond donors (Lipinski definition) is 2. The lowest BCUT2D eigenvalue weighted by Gasteiger charge is -2.23. The Morgan fingerprint density at radius 1 is 1.53 bits per heavy atom. The van der Waals surface area contributed by atoms with E-state index >= 15 is 0 Å². The predicted molar refractivity (Wildman–Crippen MR) is 60.6 cm³/mol. The molecule has 96 valence electrons. The number of carbonyl (C=O) groups is 2. The largest absolute Gasteiger partial charge is 0.467 e. The van der Waals surface area contributed by atoms with E-state index in [0.29, 0.717) is 0 Å². The van der Waals surface area contributed by atoms with E-state index in [-0.39, 0.29) is 13.2 Å². The van der Waals surface area contributed by atoms with Crippen LogP contribution in [0.3, 0.4) is 0 Å². The lowest BCUT2D eigenvalue weighted by Crippen LogP contribution is -2.71. The van der Waals surface area contributed by atoms with Gasteiger partial charge in [-0.05, 0) is 13.8 Å². The van der Waals surface area contributed by atoms with E-state index in [1.54, 1.807) is 13.8 Å². The third-order valence-electron chi connectivity index (χ3n) is 2.01. The van der Waals surface area contributed by atoms with Gasteiger partial charge in [-0.2, -0.15) is 0 Å². The molecule has 0 aliphatic heterocycles. The minimum Gasteiger partial charge on any atom is -0.467 e. The Labute approximate surface area is 101 Å². The summed E-state index contributed by atoms with van der Waals surface area (Å²) in [4.78, 5) is 23.0. The fourth-order valence-electron chi connectivity index (χ4n) is 1.05. The number of carbonyl (C=O) groups excluding carboxylic acids is 2. The highest BCUT2D eigenvalue weighted by atomic mass is 16.5. The van der Waals surface area contributed by atoms with Gasteiger partial charge < -0.3 is 20.5 Å². The number of nitrogens with one attached hydrogen (secondary N) is 1. The first kappa shape index (κ1) is 15.4. The highest BCUT2D eigenvalue weighted by Gasteiger charge is 2.33. The number of esters is 1. The van der Waals surface area contributed by atoms with Crippen LogP contribution in [0.15, 0.2) is 0 Å². The molecule has 1 atom stereocenters. The molecule has 4 N–H and O–H groups in total. The van der Waals surface area contributed by atoms with Crippen molar-refractivity contribution in [3.63, 3.8) is 0 Å². The number of rotatable bonds is 6. The molecule has 0 saturated carbocycles. The van der Waals surface area contributed by atoms with Crippen molar-refractivity contribution in [2.45, 2.75) is 25.4 Å². The normalized spacial score (nSPS) is 12.4. The molecule has 0 radical (unpaired) electrons. The summed E-state index contributed by atoms with van der Waals surface area (Å²) < 4.78 is 9.55. The molecular weight excluding hydrogens is 224 g/mol. The van der Waals surface area contributed by atoms with Gasteiger partial charge in [0.1, 0.15) is 18.8 Å². The quantitative estimate of drug-likeness (QED) is 0.331. The van der Waals surface area contributed by atoms with Crippen molar-refractivity contribution < 1.29 is 24.8 Å². The zero-order valence-electron chi connectivity index (χ0n) is 10.4. The summed E-state index contributed by atoms with van der Waals surface area (Å²) in [6, 6.07) is -0.632. The molecule has 0 aromatic heterocycles. The fraction of sp³-hybridized carbons (Fsp3) is 0.636. The number of quaternary nitrogens is 1. The Bertz CT molecular complexity index is 320. The molecule has 6 nitrogen and oxygen atoms in total. The number of amides is 1. The molecule has 0 heterocycles. The van der Waals surface area contributed by atoms with Crippen LogP contribution < -0.4 is 11.1 Å². The van der Waals surface area contributed by atoms with Gasteiger partial charge in [0.25, 0.3) is 5.91 Å². The van der Waals surface area contributed by atoms with Crippen LogP contribution in [0.1, 0.15) is 13.8 Å². The van der Waals surface area contributed by atoms with E-state index in [0.717, 1.165) is 0 Å². The third-order valence-corrected chi connectivity index (χ3v) is 2.01. The van der Waals surface area contributed by atoms with Crippen LogP contribution in [0.2, 0.25) is 0 Å². The van der Waals surface area contributed by atoms with Gasteiger partial charge >= 0.3 is 5.97 Å². The van der Waals surface area contributed by atoms with Gasteiger partial charge in [0.05, 0.1) is 7.11 Å². The molecule has 0 fully saturated rings. The molecule has 0 bridgehead atoms. The van der Waals surface area contributed by atoms with Crippen molar-refractivity contribution in [2.24, 2.45) is 0 Å². The van der Waals surface area contributed by atoms with Crippen molar-refractivity contribution in [3.05, 3.63) is 0 Å². The molecular formula is C11H19N2O4+. The van der Waals surface area contributed by atoms with Crippen molar-refractivity contribution in [1.29, 1.82) is 0 Å². The van der Waals surface area contributed by atoms with Crippen LogP contribution >= 0.6 is 0 Å². The molecule has 0 aliphatic rings. The van der Waals surface area contributed by atoms with E-state index in [9.17, 15) is 9.59 Å². The van der Waals surface area contributed by atoms with E-state index < -0.39 is 23.5 Å². The summed E-state index contributed by atoms with van der Waals surface area (Å²) in [7, 11) is 1.26. The Balaban J connectivity index is 4.25. The topological polar surface area (TPSA) is 92.3 Å². The maximum absolute atomic E-state index is 11.7. The molecule has 1 amide bonds. The first-order valence-electron chi connectivity index (χ1n) is 5.10. The molecule has 0 aliphatic carbocycles. The lowest BCUT2D eigenvalue weighted by atomic mass is 10.1. The zero-order chi connectivity index (χ0) is 13.5. The van der Waals surface area contributed by atoms with Gasteiger partial charge in [0, 0.05) is 0 Å². The minimum absolute atomic E-state index is 0.104. The molecule has 17 heavy (non-hydrogen) atoms. The molecule has 6 heteroatoms. The molecule has 0 aromatic rings. The molecule has 0 unspecified atom stereocenters. The number of terminal acetylenes is 1. The fourth-order valence-corrected chi connectivity index (χ4v) is 1.05. The van der Waals surface area contributed by atoms with Gasteiger partial charge in [-0.1, -0.05) is 5.92 Å². The van der Waals surface area contributed by atoms with E-state index in [1.165, 1.54) is 7.11 Å². The minimum atomic E-state index is -1.09. The SMILES string of the molecule is C#CCOC[C@H]([NH3+])C(=O)NC(C)(C)C(=O)OC. The van der Waals surface area contributed by atoms with Crippen molar-refractivity contribution in [3.8, 4) is 12.3 Å². The van der Waals surface area contributed by atoms with Crippen LogP contribution in [-0.4, -0.2) is 43.8 Å². The Morgan fingerprint density at radius 2 is 2.12 bits per heavy atom. The summed E-state index contributed by atoms with van der Waals surface area (Å²) in [5, 5.41) is 2.53. The average Bonchev–Trinajstić information content (AvgIpc) is 2.27. The summed E-state index contributed by atoms with van der Waals surface area (Å²) >= 11 is 0. The molecule has 0 rings (SSSR count). The van der Waals surface area contributed by atoms with Crippen LogP contribution in [0, 0.1) is 12.3 Å². The highest BCUT2D eigenvalue weighted by molar-refractivity contribution is 5.89. The Morgan fingerprint density at radius 3 is 2.59 bits per heavy atom. The summed E-state index contributed by atoms with van der Waals surface area (Å²) in [5.74, 6) is 1.37. The van der Waals surface area contributed by atoms with Crippen molar-refractivity contribution in [2.75, 3.05) is 20.3 Å². The van der Waals surface area contributed by atoms with E-state index in [4.69, 9.17) is 11.2 Å². The van der Waals surface area contributed by atoms with Gasteiger partial charge in [-0.25, -0.2) is 4.79 Å². The highest BCUT2D eigenvalue weighted by Crippen LogP contribution is 2.04. The van der Waals surface area contributed by atoms with Crippen molar-refractivity contribution >= 4 is 11.9 Å². The summed E-state index contributed by atoms with van der Waals surface area (Å²) in [6.07, 6.45) is 4.99. The lowest BCUT2D eigenvalue weighted by molar-refractivity contribution is -0.410. The van der Waals surface area contributed by atoms with Gasteiger partial charge in [-0.15, -0.1) is 6.42 Å². The smallest absolute Gasteiger partial charge is 0.330 e. The van der Waals surface area contributed by atoms with Gasteiger partial charge in [0.2, 0.25) is 0 Å². The zero-order valence-corrected chi connectivity index (χ0v) is 10.4. The number of hydrogen-bond acceptors (Lipinski definition) is 4. The predicted octanol–water partition coefficient (Wildman–Crippen LogP) is -1.69. The van der Waals surface area contributed by atoms with Crippen LogP contribution in [0.5, 0.6) is 0 Å². The third kappa shape index (κ3) is 5.33. The molecule has 0 aromatic carbocycles. The Kier molecular flexibility index (Phi) is 6.25. The average molecular weight is 243 g/mol. The van der Waals surface area contributed by atoms with Crippen LogP contribution in [0.25, 0.3) is 0 Å². The second-order valence-corrected chi connectivity index (χ2v) is 4.02. The van der Waals surface area contributed by atoms with Crippen molar-refractivity contribution in [1.82, 2.24) is 5.32 Å². The van der Waals surface area contributed by atoms with Gasteiger partial charge in [-0.3, -0.25) is 4.79 Å². The maximum atomic E-state index is 11.7. The first-order valence-corrected chi connectivity index (χ1v) is 5.10. The van der Waals surface area contributed by atoms with E-state index in [2.05, 4.69) is 21.7 Å². The second kappa shape index (κ2) is 6.89. The van der Waals surface area contributed by atoms with E-state index in [1.807, 2.05) is 0 Å². The summed E-state index contributed by atoms with van der Waals surface area (Å²) in [6.45, 7) is 3.32. The maximum Gasteiger partial charge on any atom is 0.330 e. The molecule has 0 spiro atoms. The number of methoxy groups -OCH3 is 1. The Hall–Kier alpha value is -1.58. The monoisotopic (exact) mass is 243 g/mol. The standard InChI is InChI=1S/C11H18N2O4/c1-5-6-17-7-8(12)9(14)13-11(2,3)10(15)16-4/h1,8H,6-7,12H2,2-4H3,(H,13,14)/p+1/t8-/m0/s1. The number of ether oxygens (including phenoxy) is 2.